The summed E-state index contributed by atoms with van der Waals surface area (Å²) in [5.74, 6) is -2.68. The van der Waals surface area contributed by atoms with E-state index in [1.165, 1.54) is 36.3 Å². The molecule has 0 radical (unpaired) electrons. The molecule has 13 heteroatoms. The standard InChI is InChI=1S/C14H15F2N3O3S.C7H8O3S/c1-19-13(17-8-18-19)23-7-14(21-6-10(5-20)22-14)11-3-2-9(15)4-12(11)16;1-6-2-4-7(5-3-6)11(8,9)10/h2-4,8,10,20H,5-7H2,1H3;2-5H,1H3,(H,8,9,10). The van der Waals surface area contributed by atoms with Crippen molar-refractivity contribution in [1.29, 1.82) is 0 Å². The molecule has 2 unspecified atom stereocenters. The molecule has 2 heterocycles. The highest BCUT2D eigenvalue weighted by Gasteiger charge is 2.45. The van der Waals surface area contributed by atoms with E-state index >= 15 is 0 Å². The van der Waals surface area contributed by atoms with Crippen LogP contribution in [0.2, 0.25) is 0 Å². The van der Waals surface area contributed by atoms with E-state index in [2.05, 4.69) is 10.1 Å². The summed E-state index contributed by atoms with van der Waals surface area (Å²) in [6, 6.07) is 9.21. The molecule has 0 spiro atoms. The van der Waals surface area contributed by atoms with Crippen LogP contribution in [0, 0.1) is 18.6 Å². The summed E-state index contributed by atoms with van der Waals surface area (Å²) in [5, 5.41) is 13.8. The van der Waals surface area contributed by atoms with E-state index in [-0.39, 0.29) is 29.4 Å². The lowest BCUT2D eigenvalue weighted by molar-refractivity contribution is -0.163. The smallest absolute Gasteiger partial charge is 0.294 e. The molecule has 1 aromatic heterocycles. The summed E-state index contributed by atoms with van der Waals surface area (Å²) in [7, 11) is -2.29. The number of thioether (sulfide) groups is 1. The maximum Gasteiger partial charge on any atom is 0.294 e. The fourth-order valence-electron chi connectivity index (χ4n) is 3.03. The van der Waals surface area contributed by atoms with Gasteiger partial charge < -0.3 is 14.6 Å². The molecule has 1 aliphatic heterocycles. The second-order valence-corrected chi connectivity index (χ2v) is 9.72. The lowest BCUT2D eigenvalue weighted by Crippen LogP contribution is -2.33. The van der Waals surface area contributed by atoms with E-state index in [0.29, 0.717) is 5.16 Å². The molecule has 0 amide bonds. The highest BCUT2D eigenvalue weighted by Crippen LogP contribution is 2.40. The number of benzene rings is 2. The van der Waals surface area contributed by atoms with Gasteiger partial charge in [-0.25, -0.2) is 18.4 Å². The molecule has 1 fully saturated rings. The monoisotopic (exact) mass is 515 g/mol. The van der Waals surface area contributed by atoms with Crippen molar-refractivity contribution in [2.75, 3.05) is 19.0 Å². The molecule has 184 valence electrons. The SMILES string of the molecule is Cc1ccc(S(=O)(=O)O)cc1.Cn1ncnc1SCC1(c2ccc(F)cc2F)OCC(CO)O1. The minimum atomic E-state index is -4.02. The highest BCUT2D eigenvalue weighted by molar-refractivity contribution is 7.99. The lowest BCUT2D eigenvalue weighted by atomic mass is 10.1. The number of aliphatic hydroxyl groups is 1. The molecule has 2 aromatic carbocycles. The van der Waals surface area contributed by atoms with Crippen molar-refractivity contribution >= 4 is 21.9 Å². The predicted molar refractivity (Wildman–Crippen MR) is 119 cm³/mol. The van der Waals surface area contributed by atoms with E-state index < -0.39 is 33.6 Å². The Morgan fingerprint density at radius 2 is 1.94 bits per heavy atom. The first-order valence-electron chi connectivity index (χ1n) is 9.93. The maximum absolute atomic E-state index is 14.2. The maximum atomic E-state index is 14.2. The number of aliphatic hydroxyl groups excluding tert-OH is 1. The van der Waals surface area contributed by atoms with Crippen molar-refractivity contribution in [3.8, 4) is 0 Å². The molecule has 2 N–H and O–H groups in total. The molecule has 1 saturated heterocycles. The van der Waals surface area contributed by atoms with E-state index in [4.69, 9.17) is 14.0 Å². The van der Waals surface area contributed by atoms with Crippen LogP contribution in [0.15, 0.2) is 58.8 Å². The Hall–Kier alpha value is -2.42. The summed E-state index contributed by atoms with van der Waals surface area (Å²) in [4.78, 5) is 4.01. The van der Waals surface area contributed by atoms with Gasteiger partial charge in [0.2, 0.25) is 5.79 Å². The molecule has 2 atom stereocenters. The Morgan fingerprint density at radius 3 is 2.47 bits per heavy atom. The Kier molecular flexibility index (Phi) is 8.38. The predicted octanol–water partition coefficient (Wildman–Crippen LogP) is 2.69. The molecule has 1 aliphatic rings. The van der Waals surface area contributed by atoms with E-state index in [9.17, 15) is 22.3 Å². The van der Waals surface area contributed by atoms with Crippen LogP contribution < -0.4 is 0 Å². The van der Waals surface area contributed by atoms with E-state index in [1.807, 2.05) is 6.92 Å². The van der Waals surface area contributed by atoms with Crippen LogP contribution in [0.25, 0.3) is 0 Å². The minimum absolute atomic E-state index is 0.0666. The summed E-state index contributed by atoms with van der Waals surface area (Å²) >= 11 is 1.27. The number of nitrogens with zero attached hydrogens (tertiary/aromatic N) is 3. The first-order chi connectivity index (χ1) is 16.0. The van der Waals surface area contributed by atoms with Gasteiger partial charge in [0.1, 0.15) is 24.1 Å². The third-order valence-corrected chi connectivity index (χ3v) is 6.80. The summed E-state index contributed by atoms with van der Waals surface area (Å²) in [6.45, 7) is 1.71. The van der Waals surface area contributed by atoms with E-state index in [0.717, 1.165) is 17.7 Å². The lowest BCUT2D eigenvalue weighted by Gasteiger charge is -2.28. The first kappa shape index (κ1) is 26.2. The number of hydrogen-bond acceptors (Lipinski definition) is 8. The van der Waals surface area contributed by atoms with Gasteiger partial charge in [0.05, 0.1) is 23.9 Å². The van der Waals surface area contributed by atoms with Gasteiger partial charge in [-0.05, 0) is 31.2 Å². The number of rotatable bonds is 6. The molecular formula is C21H23F2N3O6S2. The highest BCUT2D eigenvalue weighted by atomic mass is 32.2. The first-order valence-corrected chi connectivity index (χ1v) is 12.4. The van der Waals surface area contributed by atoms with Crippen molar-refractivity contribution in [2.24, 2.45) is 7.05 Å². The van der Waals surface area contributed by atoms with E-state index in [1.54, 1.807) is 23.9 Å². The average molecular weight is 516 g/mol. The van der Waals surface area contributed by atoms with Crippen LogP contribution in [0.4, 0.5) is 8.78 Å². The Balaban J connectivity index is 0.000000248. The molecular weight excluding hydrogens is 492 g/mol. The third-order valence-electron chi connectivity index (χ3n) is 4.78. The van der Waals surface area contributed by atoms with Gasteiger partial charge in [-0.2, -0.15) is 13.5 Å². The van der Waals surface area contributed by atoms with Crippen molar-refractivity contribution < 1.29 is 36.3 Å². The average Bonchev–Trinajstić information content (AvgIpc) is 3.39. The summed E-state index contributed by atoms with van der Waals surface area (Å²) < 4.78 is 69.9. The zero-order valence-corrected chi connectivity index (χ0v) is 19.9. The molecule has 3 aromatic rings. The molecule has 0 aliphatic carbocycles. The second-order valence-electron chi connectivity index (χ2n) is 7.35. The molecule has 0 saturated carbocycles. The normalized spacial score (nSPS) is 20.1. The number of aromatic nitrogens is 3. The van der Waals surface area contributed by atoms with Gasteiger partial charge >= 0.3 is 0 Å². The van der Waals surface area contributed by atoms with Gasteiger partial charge in [-0.15, -0.1) is 0 Å². The summed E-state index contributed by atoms with van der Waals surface area (Å²) in [5.41, 5.74) is 1.04. The van der Waals surface area contributed by atoms with Gasteiger partial charge in [0.15, 0.2) is 5.16 Å². The molecule has 0 bridgehead atoms. The largest absolute Gasteiger partial charge is 0.394 e. The van der Waals surface area contributed by atoms with Gasteiger partial charge in [-0.3, -0.25) is 4.55 Å². The van der Waals surface area contributed by atoms with Crippen LogP contribution in [0.3, 0.4) is 0 Å². The third kappa shape index (κ3) is 6.37. The minimum Gasteiger partial charge on any atom is -0.394 e. The van der Waals surface area contributed by atoms with Crippen LogP contribution >= 0.6 is 11.8 Å². The van der Waals surface area contributed by atoms with Gasteiger partial charge in [0.25, 0.3) is 10.1 Å². The van der Waals surface area contributed by atoms with Crippen molar-refractivity contribution in [3.63, 3.8) is 0 Å². The van der Waals surface area contributed by atoms with Crippen LogP contribution in [-0.2, 0) is 32.4 Å². The quantitative estimate of drug-likeness (QED) is 0.377. The zero-order chi connectivity index (χ0) is 24.9. The summed E-state index contributed by atoms with van der Waals surface area (Å²) in [6.07, 6.45) is 0.833. The van der Waals surface area contributed by atoms with Crippen LogP contribution in [0.1, 0.15) is 11.1 Å². The van der Waals surface area contributed by atoms with Gasteiger partial charge in [-0.1, -0.05) is 29.5 Å². The van der Waals surface area contributed by atoms with Crippen LogP contribution in [-0.4, -0.2) is 57.9 Å². The molecule has 4 rings (SSSR count). The zero-order valence-electron chi connectivity index (χ0n) is 18.3. The number of ether oxygens (including phenoxy) is 2. The fourth-order valence-corrected chi connectivity index (χ4v) is 4.50. The molecule has 34 heavy (non-hydrogen) atoms. The van der Waals surface area contributed by atoms with Crippen molar-refractivity contribution in [3.05, 3.63) is 71.6 Å². The Labute approximate surface area is 199 Å². The number of halogens is 2. The van der Waals surface area contributed by atoms with Crippen LogP contribution in [0.5, 0.6) is 0 Å². The number of hydrogen-bond donors (Lipinski definition) is 2. The number of aryl methyl sites for hydroxylation is 2. The van der Waals surface area contributed by atoms with Gasteiger partial charge in [0, 0.05) is 18.7 Å². The Bertz CT molecular complexity index is 1220. The fraction of sp³-hybridized carbons (Fsp3) is 0.333. The topological polar surface area (TPSA) is 124 Å². The second kappa shape index (κ2) is 10.9. The van der Waals surface area contributed by atoms with Crippen molar-refractivity contribution in [2.45, 2.75) is 28.9 Å². The van der Waals surface area contributed by atoms with Crippen molar-refractivity contribution in [1.82, 2.24) is 14.8 Å². The Morgan fingerprint density at radius 1 is 1.24 bits per heavy atom. The molecule has 9 nitrogen and oxygen atoms in total.